The lowest BCUT2D eigenvalue weighted by molar-refractivity contribution is -0.150. The van der Waals surface area contributed by atoms with Gasteiger partial charge in [-0.1, -0.05) is 36.4 Å². The number of esters is 1. The van der Waals surface area contributed by atoms with E-state index >= 15 is 0 Å². The molecule has 1 aliphatic rings. The number of aryl methyl sites for hydroxylation is 1. The summed E-state index contributed by atoms with van der Waals surface area (Å²) in [5.74, 6) is -0.185. The third kappa shape index (κ3) is 3.68. The first-order valence-corrected chi connectivity index (χ1v) is 9.29. The summed E-state index contributed by atoms with van der Waals surface area (Å²) < 4.78 is 11.0. The molecule has 0 fully saturated rings. The van der Waals surface area contributed by atoms with Crippen LogP contribution in [0.4, 0.5) is 0 Å². The van der Waals surface area contributed by atoms with Crippen molar-refractivity contribution in [2.75, 3.05) is 13.2 Å². The third-order valence-corrected chi connectivity index (χ3v) is 4.87. The number of carbonyl (C=O) groups excluding carboxylic acids is 2. The molecular weight excluding hydrogens is 342 g/mol. The number of fused-ring (bicyclic) bond motifs is 1. The molecule has 0 aromatic heterocycles. The summed E-state index contributed by atoms with van der Waals surface area (Å²) in [6, 6.07) is 13.3. The van der Waals surface area contributed by atoms with Crippen molar-refractivity contribution in [3.05, 3.63) is 64.7 Å². The van der Waals surface area contributed by atoms with Crippen LogP contribution in [0.25, 0.3) is 0 Å². The van der Waals surface area contributed by atoms with Gasteiger partial charge in [0.15, 0.2) is 0 Å². The fraction of sp³-hybridized carbons (Fsp3) is 0.364. The van der Waals surface area contributed by atoms with Crippen LogP contribution < -0.4 is 10.1 Å². The lowest BCUT2D eigenvalue weighted by atomic mass is 9.94. The quantitative estimate of drug-likeness (QED) is 0.796. The van der Waals surface area contributed by atoms with Gasteiger partial charge in [-0.3, -0.25) is 4.79 Å². The van der Waals surface area contributed by atoms with Gasteiger partial charge in [-0.05, 0) is 43.5 Å². The lowest BCUT2D eigenvalue weighted by Gasteiger charge is -2.28. The number of hydrogen-bond donors (Lipinski definition) is 1. The van der Waals surface area contributed by atoms with E-state index in [1.54, 1.807) is 13.0 Å². The van der Waals surface area contributed by atoms with Crippen LogP contribution >= 0.6 is 0 Å². The Bertz CT molecular complexity index is 834. The van der Waals surface area contributed by atoms with Crippen molar-refractivity contribution in [2.24, 2.45) is 0 Å². The third-order valence-electron chi connectivity index (χ3n) is 4.87. The Kier molecular flexibility index (Phi) is 5.49. The van der Waals surface area contributed by atoms with Crippen LogP contribution in [0, 0.1) is 6.92 Å². The van der Waals surface area contributed by atoms with Gasteiger partial charge in [0.2, 0.25) is 0 Å². The highest BCUT2D eigenvalue weighted by Crippen LogP contribution is 2.32. The molecule has 0 heterocycles. The molecule has 1 N–H and O–H groups in total. The molecule has 142 valence electrons. The molecule has 2 aromatic rings. The Morgan fingerprint density at radius 2 is 1.67 bits per heavy atom. The zero-order valence-corrected chi connectivity index (χ0v) is 16.0. The first-order chi connectivity index (χ1) is 13.0. The Hall–Kier alpha value is -2.82. The number of benzene rings is 2. The summed E-state index contributed by atoms with van der Waals surface area (Å²) in [5.41, 5.74) is 2.32. The molecule has 3 rings (SSSR count). The van der Waals surface area contributed by atoms with Crippen molar-refractivity contribution in [3.63, 3.8) is 0 Å². The number of amides is 1. The molecule has 1 amide bonds. The molecule has 2 aromatic carbocycles. The van der Waals surface area contributed by atoms with E-state index < -0.39 is 11.5 Å². The first-order valence-electron chi connectivity index (χ1n) is 9.29. The van der Waals surface area contributed by atoms with E-state index in [9.17, 15) is 9.59 Å². The highest BCUT2D eigenvalue weighted by atomic mass is 16.5. The van der Waals surface area contributed by atoms with E-state index in [2.05, 4.69) is 5.32 Å². The zero-order valence-electron chi connectivity index (χ0n) is 16.0. The Labute approximate surface area is 159 Å². The van der Waals surface area contributed by atoms with Crippen molar-refractivity contribution in [3.8, 4) is 5.75 Å². The van der Waals surface area contributed by atoms with Gasteiger partial charge in [0.1, 0.15) is 11.3 Å². The van der Waals surface area contributed by atoms with Gasteiger partial charge >= 0.3 is 5.97 Å². The van der Waals surface area contributed by atoms with E-state index in [1.165, 1.54) is 0 Å². The lowest BCUT2D eigenvalue weighted by Crippen LogP contribution is -2.56. The standard InChI is InChI=1S/C22H25NO4/c1-4-26-19-15(3)9-8-12-18(19)20(24)23-22(21(25)27-5-2)13-16-10-6-7-11-17(16)14-22/h6-12H,4-5,13-14H2,1-3H3,(H,23,24). The molecule has 0 bridgehead atoms. The minimum absolute atomic E-state index is 0.265. The first kappa shape index (κ1) is 19.0. The number of hydrogen-bond acceptors (Lipinski definition) is 4. The highest BCUT2D eigenvalue weighted by Gasteiger charge is 2.46. The molecule has 0 aliphatic heterocycles. The van der Waals surface area contributed by atoms with Crippen molar-refractivity contribution in [2.45, 2.75) is 39.2 Å². The predicted octanol–water partition coefficient (Wildman–Crippen LogP) is 3.22. The number of nitrogens with one attached hydrogen (secondary N) is 1. The van der Waals surface area contributed by atoms with Crippen LogP contribution in [-0.2, 0) is 22.4 Å². The number of carbonyl (C=O) groups is 2. The van der Waals surface area contributed by atoms with Crippen LogP contribution in [-0.4, -0.2) is 30.6 Å². The van der Waals surface area contributed by atoms with Crippen molar-refractivity contribution in [1.82, 2.24) is 5.32 Å². The highest BCUT2D eigenvalue weighted by molar-refractivity contribution is 6.01. The Morgan fingerprint density at radius 1 is 1.00 bits per heavy atom. The SMILES string of the molecule is CCOC(=O)C1(NC(=O)c2cccc(C)c2OCC)Cc2ccccc2C1. The zero-order chi connectivity index (χ0) is 19.4. The molecule has 0 atom stereocenters. The van der Waals surface area contributed by atoms with Gasteiger partial charge < -0.3 is 14.8 Å². The second kappa shape index (κ2) is 7.82. The fourth-order valence-corrected chi connectivity index (χ4v) is 3.62. The van der Waals surface area contributed by atoms with Crippen molar-refractivity contribution < 1.29 is 19.1 Å². The van der Waals surface area contributed by atoms with Gasteiger partial charge in [0.05, 0.1) is 18.8 Å². The van der Waals surface area contributed by atoms with Gasteiger partial charge in [0, 0.05) is 12.8 Å². The van der Waals surface area contributed by atoms with E-state index in [0.717, 1.165) is 16.7 Å². The van der Waals surface area contributed by atoms with Crippen molar-refractivity contribution in [1.29, 1.82) is 0 Å². The minimum Gasteiger partial charge on any atom is -0.493 e. The Balaban J connectivity index is 1.94. The van der Waals surface area contributed by atoms with Gasteiger partial charge in [-0.25, -0.2) is 4.79 Å². The smallest absolute Gasteiger partial charge is 0.332 e. The summed E-state index contributed by atoms with van der Waals surface area (Å²) in [4.78, 5) is 25.9. The average Bonchev–Trinajstić information content (AvgIpc) is 3.03. The molecule has 5 nitrogen and oxygen atoms in total. The normalized spacial score (nSPS) is 14.3. The molecule has 27 heavy (non-hydrogen) atoms. The maximum absolute atomic E-state index is 13.1. The Morgan fingerprint density at radius 3 is 2.26 bits per heavy atom. The van der Waals surface area contributed by atoms with Gasteiger partial charge in [0.25, 0.3) is 5.91 Å². The molecule has 5 heteroatoms. The van der Waals surface area contributed by atoms with Crippen molar-refractivity contribution >= 4 is 11.9 Å². The van der Waals surface area contributed by atoms with Crippen LogP contribution in [0.5, 0.6) is 5.75 Å². The number of rotatable bonds is 6. The van der Waals surface area contributed by atoms with Crippen LogP contribution in [0.2, 0.25) is 0 Å². The predicted molar refractivity (Wildman–Crippen MR) is 103 cm³/mol. The maximum atomic E-state index is 13.1. The van der Waals surface area contributed by atoms with E-state index in [0.29, 0.717) is 30.8 Å². The largest absolute Gasteiger partial charge is 0.493 e. The fourth-order valence-electron chi connectivity index (χ4n) is 3.62. The number of ether oxygens (including phenoxy) is 2. The summed E-state index contributed by atoms with van der Waals surface area (Å²) in [6.07, 6.45) is 0.840. The number of para-hydroxylation sites is 1. The van der Waals surface area contributed by atoms with E-state index in [1.807, 2.05) is 50.2 Å². The monoisotopic (exact) mass is 367 g/mol. The van der Waals surface area contributed by atoms with Gasteiger partial charge in [-0.15, -0.1) is 0 Å². The minimum atomic E-state index is -1.09. The maximum Gasteiger partial charge on any atom is 0.332 e. The second-order valence-electron chi connectivity index (χ2n) is 6.76. The molecule has 0 saturated heterocycles. The van der Waals surface area contributed by atoms with E-state index in [-0.39, 0.29) is 12.5 Å². The molecule has 0 unspecified atom stereocenters. The summed E-state index contributed by atoms with van der Waals surface area (Å²) in [6.45, 7) is 6.26. The topological polar surface area (TPSA) is 64.6 Å². The van der Waals surface area contributed by atoms with Crippen LogP contribution in [0.1, 0.15) is 40.9 Å². The molecule has 0 radical (unpaired) electrons. The molecule has 0 saturated carbocycles. The summed E-state index contributed by atoms with van der Waals surface area (Å²) in [7, 11) is 0. The summed E-state index contributed by atoms with van der Waals surface area (Å²) in [5, 5.41) is 2.97. The average molecular weight is 367 g/mol. The van der Waals surface area contributed by atoms with Gasteiger partial charge in [-0.2, -0.15) is 0 Å². The molecular formula is C22H25NO4. The van der Waals surface area contributed by atoms with Crippen LogP contribution in [0.15, 0.2) is 42.5 Å². The summed E-state index contributed by atoms with van der Waals surface area (Å²) >= 11 is 0. The molecule has 1 aliphatic carbocycles. The molecule has 0 spiro atoms. The van der Waals surface area contributed by atoms with Crippen LogP contribution in [0.3, 0.4) is 0 Å². The van der Waals surface area contributed by atoms with E-state index in [4.69, 9.17) is 9.47 Å². The second-order valence-corrected chi connectivity index (χ2v) is 6.76.